The number of Topliss-reactive ketones (excluding diaryl/α,β-unsaturated/α-hetero) is 1. The number of ether oxygens (including phenoxy) is 1. The van der Waals surface area contributed by atoms with E-state index in [2.05, 4.69) is 33.5 Å². The number of benzene rings is 1. The molecule has 0 N–H and O–H groups in total. The molecule has 146 valence electrons. The predicted molar refractivity (Wildman–Crippen MR) is 109 cm³/mol. The molecule has 2 heterocycles. The largest absolute Gasteiger partial charge is 0.378 e. The third-order valence-electron chi connectivity index (χ3n) is 4.30. The maximum atomic E-state index is 12.8. The number of thioether (sulfide) groups is 1. The summed E-state index contributed by atoms with van der Waals surface area (Å²) in [4.78, 5) is 15.0. The average Bonchev–Trinajstić information content (AvgIpc) is 3.03. The Balaban J connectivity index is 1.80. The number of aromatic nitrogens is 3. The zero-order chi connectivity index (χ0) is 19.4. The van der Waals surface area contributed by atoms with Gasteiger partial charge in [0.2, 0.25) is 5.95 Å². The van der Waals surface area contributed by atoms with Crippen molar-refractivity contribution in [3.63, 3.8) is 0 Å². The van der Waals surface area contributed by atoms with Crippen molar-refractivity contribution in [3.05, 3.63) is 34.9 Å². The lowest BCUT2D eigenvalue weighted by Gasteiger charge is -2.28. The third-order valence-corrected chi connectivity index (χ3v) is 5.62. The van der Waals surface area contributed by atoms with E-state index in [1.54, 1.807) is 24.3 Å². The first kappa shape index (κ1) is 20.2. The van der Waals surface area contributed by atoms with Gasteiger partial charge in [0.25, 0.3) is 0 Å². The van der Waals surface area contributed by atoms with Crippen LogP contribution in [-0.2, 0) is 11.3 Å². The summed E-state index contributed by atoms with van der Waals surface area (Å²) in [5.41, 5.74) is 0.617. The number of carbonyl (C=O) groups excluding carboxylic acids is 1. The molecule has 1 saturated heterocycles. The zero-order valence-electron chi connectivity index (χ0n) is 15.9. The van der Waals surface area contributed by atoms with Crippen LogP contribution in [0.2, 0.25) is 5.02 Å². The second-order valence-electron chi connectivity index (χ2n) is 7.02. The first-order chi connectivity index (χ1) is 13.0. The Hall–Kier alpha value is -1.57. The molecule has 1 aromatic carbocycles. The highest BCUT2D eigenvalue weighted by atomic mass is 35.5. The first-order valence-electron chi connectivity index (χ1n) is 9.18. The first-order valence-corrected chi connectivity index (χ1v) is 10.4. The van der Waals surface area contributed by atoms with E-state index in [-0.39, 0.29) is 11.0 Å². The number of morpholine rings is 1. The number of carbonyl (C=O) groups is 1. The molecular formula is C19H25ClN4O2S. The highest BCUT2D eigenvalue weighted by molar-refractivity contribution is 8.00. The Morgan fingerprint density at radius 1 is 1.26 bits per heavy atom. The maximum absolute atomic E-state index is 12.8. The van der Waals surface area contributed by atoms with E-state index in [1.165, 1.54) is 11.8 Å². The van der Waals surface area contributed by atoms with Crippen LogP contribution >= 0.6 is 23.4 Å². The van der Waals surface area contributed by atoms with Crippen molar-refractivity contribution in [1.82, 2.24) is 14.8 Å². The molecule has 1 aliphatic rings. The lowest BCUT2D eigenvalue weighted by molar-refractivity contribution is 0.0994. The van der Waals surface area contributed by atoms with Gasteiger partial charge in [0.1, 0.15) is 0 Å². The van der Waals surface area contributed by atoms with Crippen LogP contribution in [-0.4, -0.2) is 52.1 Å². The summed E-state index contributed by atoms with van der Waals surface area (Å²) in [7, 11) is 0. The van der Waals surface area contributed by atoms with Gasteiger partial charge in [0.05, 0.1) is 18.5 Å². The zero-order valence-corrected chi connectivity index (χ0v) is 17.5. The second-order valence-corrected chi connectivity index (χ2v) is 8.77. The number of hydrogen-bond acceptors (Lipinski definition) is 6. The predicted octanol–water partition coefficient (Wildman–Crippen LogP) is 3.79. The smallest absolute Gasteiger partial charge is 0.228 e. The van der Waals surface area contributed by atoms with Crippen LogP contribution in [0.5, 0.6) is 0 Å². The molecule has 3 rings (SSSR count). The van der Waals surface area contributed by atoms with Crippen molar-refractivity contribution in [2.75, 3.05) is 31.2 Å². The number of hydrogen-bond donors (Lipinski definition) is 0. The molecule has 0 aliphatic carbocycles. The molecule has 0 saturated carbocycles. The SMILES string of the molecule is CC(C)Cn1c(SC(C)C(=O)c2cccc(Cl)c2)nnc1N1CCOCC1. The van der Waals surface area contributed by atoms with Crippen molar-refractivity contribution in [2.45, 2.75) is 37.7 Å². The Labute approximate surface area is 169 Å². The van der Waals surface area contributed by atoms with E-state index in [0.717, 1.165) is 30.7 Å². The minimum atomic E-state index is -0.281. The Kier molecular flexibility index (Phi) is 6.78. The minimum Gasteiger partial charge on any atom is -0.378 e. The van der Waals surface area contributed by atoms with Crippen LogP contribution < -0.4 is 4.90 Å². The van der Waals surface area contributed by atoms with Crippen molar-refractivity contribution in [3.8, 4) is 0 Å². The van der Waals surface area contributed by atoms with E-state index < -0.39 is 0 Å². The molecule has 0 amide bonds. The van der Waals surface area contributed by atoms with Gasteiger partial charge in [-0.1, -0.05) is 49.3 Å². The van der Waals surface area contributed by atoms with E-state index in [4.69, 9.17) is 16.3 Å². The quantitative estimate of drug-likeness (QED) is 0.513. The normalized spacial score (nSPS) is 16.0. The Morgan fingerprint density at radius 3 is 2.67 bits per heavy atom. The van der Waals surface area contributed by atoms with Crippen molar-refractivity contribution < 1.29 is 9.53 Å². The molecule has 8 heteroatoms. The highest BCUT2D eigenvalue weighted by Gasteiger charge is 2.24. The van der Waals surface area contributed by atoms with Gasteiger partial charge < -0.3 is 9.64 Å². The van der Waals surface area contributed by atoms with E-state index in [9.17, 15) is 4.79 Å². The highest BCUT2D eigenvalue weighted by Crippen LogP contribution is 2.29. The van der Waals surface area contributed by atoms with Crippen LogP contribution in [0.3, 0.4) is 0 Å². The molecule has 0 bridgehead atoms. The molecule has 27 heavy (non-hydrogen) atoms. The molecule has 6 nitrogen and oxygen atoms in total. The standard InChI is InChI=1S/C19H25ClN4O2S/c1-13(2)12-24-18(23-7-9-26-10-8-23)21-22-19(24)27-14(3)17(25)15-5-4-6-16(20)11-15/h4-6,11,13-14H,7-10,12H2,1-3H3. The summed E-state index contributed by atoms with van der Waals surface area (Å²) in [5, 5.41) is 9.87. The van der Waals surface area contributed by atoms with Gasteiger partial charge in [-0.05, 0) is 25.0 Å². The van der Waals surface area contributed by atoms with Gasteiger partial charge in [-0.15, -0.1) is 10.2 Å². The van der Waals surface area contributed by atoms with Gasteiger partial charge in [-0.25, -0.2) is 0 Å². The molecule has 1 fully saturated rings. The van der Waals surface area contributed by atoms with Crippen LogP contribution in [0.4, 0.5) is 5.95 Å². The summed E-state index contributed by atoms with van der Waals surface area (Å²) >= 11 is 7.47. The number of nitrogens with zero attached hydrogens (tertiary/aromatic N) is 4. The fourth-order valence-corrected chi connectivity index (χ4v) is 4.10. The van der Waals surface area contributed by atoms with Gasteiger partial charge in [0, 0.05) is 30.2 Å². The van der Waals surface area contributed by atoms with E-state index in [0.29, 0.717) is 29.7 Å². The minimum absolute atomic E-state index is 0.0366. The summed E-state index contributed by atoms with van der Waals surface area (Å²) in [5.74, 6) is 1.34. The monoisotopic (exact) mass is 408 g/mol. The molecule has 0 radical (unpaired) electrons. The number of anilines is 1. The van der Waals surface area contributed by atoms with Crippen LogP contribution in [0.15, 0.2) is 29.4 Å². The fraction of sp³-hybridized carbons (Fsp3) is 0.526. The molecule has 1 aliphatic heterocycles. The van der Waals surface area contributed by atoms with Crippen molar-refractivity contribution >= 4 is 35.1 Å². The van der Waals surface area contributed by atoms with Crippen molar-refractivity contribution in [1.29, 1.82) is 0 Å². The lowest BCUT2D eigenvalue weighted by Crippen LogP contribution is -2.38. The van der Waals surface area contributed by atoms with Crippen LogP contribution in [0.25, 0.3) is 0 Å². The summed E-state index contributed by atoms with van der Waals surface area (Å²) in [6.45, 7) is 10.0. The third kappa shape index (κ3) is 5.03. The number of rotatable bonds is 7. The molecule has 1 aromatic heterocycles. The van der Waals surface area contributed by atoms with E-state index >= 15 is 0 Å². The second kappa shape index (κ2) is 9.08. The van der Waals surface area contributed by atoms with E-state index in [1.807, 2.05) is 6.92 Å². The Bertz CT molecular complexity index is 790. The summed E-state index contributed by atoms with van der Waals surface area (Å²) < 4.78 is 7.57. The maximum Gasteiger partial charge on any atom is 0.228 e. The number of ketones is 1. The number of halogens is 1. The topological polar surface area (TPSA) is 60.2 Å². The molecule has 1 unspecified atom stereocenters. The van der Waals surface area contributed by atoms with Gasteiger partial charge in [-0.2, -0.15) is 0 Å². The summed E-state index contributed by atoms with van der Waals surface area (Å²) in [6.07, 6.45) is 0. The molecular weight excluding hydrogens is 384 g/mol. The average molecular weight is 409 g/mol. The van der Waals surface area contributed by atoms with Gasteiger partial charge in [0.15, 0.2) is 10.9 Å². The van der Waals surface area contributed by atoms with Crippen LogP contribution in [0.1, 0.15) is 31.1 Å². The van der Waals surface area contributed by atoms with Gasteiger partial charge >= 0.3 is 0 Å². The van der Waals surface area contributed by atoms with Crippen LogP contribution in [0, 0.1) is 5.92 Å². The molecule has 0 spiro atoms. The van der Waals surface area contributed by atoms with Crippen molar-refractivity contribution in [2.24, 2.45) is 5.92 Å². The summed E-state index contributed by atoms with van der Waals surface area (Å²) in [6, 6.07) is 7.07. The van der Waals surface area contributed by atoms with Gasteiger partial charge in [-0.3, -0.25) is 9.36 Å². The Morgan fingerprint density at radius 2 is 2.00 bits per heavy atom. The molecule has 2 aromatic rings. The molecule has 1 atom stereocenters. The fourth-order valence-electron chi connectivity index (χ4n) is 2.98. The lowest BCUT2D eigenvalue weighted by atomic mass is 10.1.